The van der Waals surface area contributed by atoms with Gasteiger partial charge < -0.3 is 15.0 Å². The number of likely N-dealkylation sites (N-methyl/N-ethyl adjacent to an activating group) is 1. The highest BCUT2D eigenvalue weighted by Crippen LogP contribution is 2.30. The fourth-order valence-corrected chi connectivity index (χ4v) is 4.77. The molecule has 1 aromatic carbocycles. The van der Waals surface area contributed by atoms with E-state index in [0.29, 0.717) is 5.92 Å². The van der Waals surface area contributed by atoms with Crippen LogP contribution in [0.1, 0.15) is 53.9 Å². The second-order valence-electron chi connectivity index (χ2n) is 7.82. The van der Waals surface area contributed by atoms with Gasteiger partial charge in [0.2, 0.25) is 0 Å². The number of nitrogens with one attached hydrogen (secondary N) is 1. The van der Waals surface area contributed by atoms with Gasteiger partial charge in [0.15, 0.2) is 0 Å². The first-order chi connectivity index (χ1) is 16.0. The van der Waals surface area contributed by atoms with Crippen molar-refractivity contribution in [3.8, 4) is 5.75 Å². The molecule has 1 aliphatic heterocycles. The van der Waals surface area contributed by atoms with Crippen molar-refractivity contribution in [3.63, 3.8) is 0 Å². The Kier molecular flexibility index (Phi) is 14.5. The van der Waals surface area contributed by atoms with E-state index >= 15 is 0 Å². The zero-order valence-electron chi connectivity index (χ0n) is 21.7. The predicted molar refractivity (Wildman–Crippen MR) is 146 cm³/mol. The summed E-state index contributed by atoms with van der Waals surface area (Å²) in [7, 11) is 1.70. The van der Waals surface area contributed by atoms with Crippen LogP contribution in [0.5, 0.6) is 5.75 Å². The Morgan fingerprint density at radius 3 is 2.52 bits per heavy atom. The Morgan fingerprint density at radius 1 is 1.24 bits per heavy atom. The van der Waals surface area contributed by atoms with Gasteiger partial charge in [-0.2, -0.15) is 0 Å². The highest BCUT2D eigenvalue weighted by atomic mass is 32.2. The highest BCUT2D eigenvalue weighted by molar-refractivity contribution is 7.97. The molecule has 1 N–H and O–H groups in total. The second kappa shape index (κ2) is 16.5. The summed E-state index contributed by atoms with van der Waals surface area (Å²) in [4.78, 5) is 3.63. The third kappa shape index (κ3) is 10.1. The van der Waals surface area contributed by atoms with Crippen molar-refractivity contribution < 1.29 is 4.74 Å². The van der Waals surface area contributed by atoms with Gasteiger partial charge in [-0.25, -0.2) is 4.31 Å². The first kappa shape index (κ1) is 28.9. The lowest BCUT2D eigenvalue weighted by Crippen LogP contribution is -2.38. The average molecular weight is 472 g/mol. The van der Waals surface area contributed by atoms with E-state index < -0.39 is 0 Å². The first-order valence-electron chi connectivity index (χ1n) is 12.3. The zero-order valence-corrected chi connectivity index (χ0v) is 22.5. The predicted octanol–water partition coefficient (Wildman–Crippen LogP) is 7.25. The number of hydrogen-bond acceptors (Lipinski definition) is 5. The van der Waals surface area contributed by atoms with Crippen molar-refractivity contribution in [2.75, 3.05) is 33.3 Å². The van der Waals surface area contributed by atoms with Crippen molar-refractivity contribution in [1.29, 1.82) is 0 Å². The topological polar surface area (TPSA) is 27.7 Å². The van der Waals surface area contributed by atoms with Crippen molar-refractivity contribution >= 4 is 11.9 Å². The average Bonchev–Trinajstić information content (AvgIpc) is 2.86. The van der Waals surface area contributed by atoms with E-state index in [9.17, 15) is 0 Å². The Hall–Kier alpha value is -2.11. The molecule has 0 radical (unpaired) electrons. The molecular weight excluding hydrogens is 426 g/mol. The molecule has 1 atom stereocenters. The van der Waals surface area contributed by atoms with Crippen LogP contribution < -0.4 is 10.1 Å². The van der Waals surface area contributed by atoms with Gasteiger partial charge in [0, 0.05) is 36.8 Å². The standard InChI is InChI=1S/C26H39N3OS.C2H6/c1-7-10-13-24(8-2)27-21(4)22(5)28(9-3)19-23-12-11-18-29(20-23)31-26-16-14-25(30-6)15-17-26;1-2/h7,10,13-17,23,27H,4-5,8-9,11-12,18-20H2,1-3,6H3;1-2H3/b10-7-,24-13+;. The zero-order chi connectivity index (χ0) is 24.6. The van der Waals surface area contributed by atoms with Gasteiger partial charge in [-0.3, -0.25) is 0 Å². The number of rotatable bonds is 12. The summed E-state index contributed by atoms with van der Waals surface area (Å²) in [5.74, 6) is 1.52. The van der Waals surface area contributed by atoms with Gasteiger partial charge in [-0.15, -0.1) is 0 Å². The number of ether oxygens (including phenoxy) is 1. The van der Waals surface area contributed by atoms with Crippen molar-refractivity contribution in [2.45, 2.75) is 58.8 Å². The molecular formula is C28H45N3OS. The number of nitrogens with zero attached hydrogens (tertiary/aromatic N) is 2. The van der Waals surface area contributed by atoms with E-state index in [1.807, 2.05) is 50.9 Å². The molecule has 0 amide bonds. The molecule has 5 heteroatoms. The molecule has 2 rings (SSSR count). The van der Waals surface area contributed by atoms with Crippen LogP contribution in [0.2, 0.25) is 0 Å². The van der Waals surface area contributed by atoms with E-state index in [-0.39, 0.29) is 0 Å². The lowest BCUT2D eigenvalue weighted by molar-refractivity contribution is 0.219. The van der Waals surface area contributed by atoms with Gasteiger partial charge >= 0.3 is 0 Å². The monoisotopic (exact) mass is 471 g/mol. The van der Waals surface area contributed by atoms with Crippen LogP contribution in [-0.4, -0.2) is 42.5 Å². The van der Waals surface area contributed by atoms with Crippen LogP contribution in [0.3, 0.4) is 0 Å². The molecule has 0 spiro atoms. The summed E-state index contributed by atoms with van der Waals surface area (Å²) in [5.41, 5.74) is 3.03. The Labute approximate surface area is 207 Å². The molecule has 4 nitrogen and oxygen atoms in total. The first-order valence-corrected chi connectivity index (χ1v) is 13.1. The maximum atomic E-state index is 5.27. The minimum Gasteiger partial charge on any atom is -0.497 e. The van der Waals surface area contributed by atoms with Crippen LogP contribution in [0.15, 0.2) is 77.6 Å². The summed E-state index contributed by atoms with van der Waals surface area (Å²) in [6.45, 7) is 23.1. The Morgan fingerprint density at radius 2 is 1.94 bits per heavy atom. The summed E-state index contributed by atoms with van der Waals surface area (Å²) >= 11 is 1.85. The largest absolute Gasteiger partial charge is 0.497 e. The molecule has 1 aromatic rings. The quantitative estimate of drug-likeness (QED) is 0.256. The Bertz CT molecular complexity index is 770. The molecule has 1 aliphatic rings. The molecule has 0 aliphatic carbocycles. The lowest BCUT2D eigenvalue weighted by atomic mass is 9.98. The fourth-order valence-electron chi connectivity index (χ4n) is 3.70. The molecule has 184 valence electrons. The molecule has 1 fully saturated rings. The summed E-state index contributed by atoms with van der Waals surface area (Å²) in [5, 5.41) is 3.45. The number of piperidine rings is 1. The van der Waals surface area contributed by atoms with Gasteiger partial charge in [0.1, 0.15) is 5.75 Å². The maximum Gasteiger partial charge on any atom is 0.118 e. The van der Waals surface area contributed by atoms with Crippen molar-refractivity contribution in [2.24, 2.45) is 5.92 Å². The van der Waals surface area contributed by atoms with Gasteiger partial charge in [0.25, 0.3) is 0 Å². The van der Waals surface area contributed by atoms with E-state index in [1.165, 1.54) is 17.7 Å². The maximum absolute atomic E-state index is 5.27. The van der Waals surface area contributed by atoms with Gasteiger partial charge in [-0.05, 0) is 81.3 Å². The third-order valence-corrected chi connectivity index (χ3v) is 6.62. The molecule has 33 heavy (non-hydrogen) atoms. The number of methoxy groups -OCH3 is 1. The summed E-state index contributed by atoms with van der Waals surface area (Å²) in [6, 6.07) is 8.33. The Balaban J connectivity index is 0.00000265. The molecule has 1 saturated heterocycles. The number of hydrogen-bond donors (Lipinski definition) is 1. The fraction of sp³-hybridized carbons (Fsp3) is 0.500. The smallest absolute Gasteiger partial charge is 0.118 e. The molecule has 0 saturated carbocycles. The van der Waals surface area contributed by atoms with Crippen molar-refractivity contribution in [3.05, 3.63) is 72.7 Å². The van der Waals surface area contributed by atoms with E-state index in [2.05, 4.69) is 65.8 Å². The summed E-state index contributed by atoms with van der Waals surface area (Å²) < 4.78 is 7.76. The number of benzene rings is 1. The van der Waals surface area contributed by atoms with Crippen LogP contribution in [0.4, 0.5) is 0 Å². The van der Waals surface area contributed by atoms with E-state index in [0.717, 1.165) is 55.4 Å². The van der Waals surface area contributed by atoms with E-state index in [4.69, 9.17) is 4.74 Å². The van der Waals surface area contributed by atoms with Crippen LogP contribution >= 0.6 is 11.9 Å². The van der Waals surface area contributed by atoms with Crippen LogP contribution in [0, 0.1) is 5.92 Å². The highest BCUT2D eigenvalue weighted by Gasteiger charge is 2.23. The van der Waals surface area contributed by atoms with Gasteiger partial charge in [-0.1, -0.05) is 46.1 Å². The molecule has 0 aromatic heterocycles. The minimum absolute atomic E-state index is 0.619. The van der Waals surface area contributed by atoms with Crippen LogP contribution in [-0.2, 0) is 0 Å². The normalized spacial score (nSPS) is 16.7. The molecule has 1 unspecified atom stereocenters. The minimum atomic E-state index is 0.619. The van der Waals surface area contributed by atoms with E-state index in [1.54, 1.807) is 7.11 Å². The molecule has 1 heterocycles. The lowest BCUT2D eigenvalue weighted by Gasteiger charge is -2.36. The third-order valence-electron chi connectivity index (χ3n) is 5.55. The molecule has 0 bridgehead atoms. The summed E-state index contributed by atoms with van der Waals surface area (Å²) in [6.07, 6.45) is 9.60. The number of allylic oxidation sites excluding steroid dienone is 4. The van der Waals surface area contributed by atoms with Crippen LogP contribution in [0.25, 0.3) is 0 Å². The SMILES string of the molecule is C=C(N/C(=C/C=C\C)CC)C(=C)N(CC)CC1CCCN(Sc2ccc(OC)cc2)C1.CC. The van der Waals surface area contributed by atoms with Crippen molar-refractivity contribution in [1.82, 2.24) is 14.5 Å². The van der Waals surface area contributed by atoms with Gasteiger partial charge in [0.05, 0.1) is 18.5 Å². The second-order valence-corrected chi connectivity index (χ2v) is 8.99.